The number of hydrogen-bond donors (Lipinski definition) is 1. The maximum absolute atomic E-state index is 11.6. The van der Waals surface area contributed by atoms with Crippen LogP contribution >= 0.6 is 0 Å². The maximum Gasteiger partial charge on any atom is 0.239 e. The molecule has 2 rings (SSSR count). The van der Waals surface area contributed by atoms with E-state index in [2.05, 4.69) is 12.3 Å². The van der Waals surface area contributed by atoms with Crippen molar-refractivity contribution < 1.29 is 9.59 Å². The van der Waals surface area contributed by atoms with Gasteiger partial charge in [-0.2, -0.15) is 0 Å². The Kier molecular flexibility index (Phi) is 2.10. The first-order chi connectivity index (χ1) is 6.51. The molecule has 1 heterocycles. The second kappa shape index (κ2) is 3.05. The van der Waals surface area contributed by atoms with E-state index in [-0.39, 0.29) is 23.8 Å². The lowest BCUT2D eigenvalue weighted by Crippen LogP contribution is -2.47. The molecule has 2 fully saturated rings. The largest absolute Gasteiger partial charge is 0.298 e. The van der Waals surface area contributed by atoms with Crippen molar-refractivity contribution >= 4 is 11.7 Å². The van der Waals surface area contributed by atoms with Gasteiger partial charge in [-0.3, -0.25) is 14.6 Å². The lowest BCUT2D eigenvalue weighted by molar-refractivity contribution is -0.133. The number of carbonyl (C=O) groups excluding carboxylic acids is 2. The number of hydrazine groups is 1. The Morgan fingerprint density at radius 1 is 1.64 bits per heavy atom. The molecule has 0 radical (unpaired) electrons. The van der Waals surface area contributed by atoms with E-state index in [0.717, 1.165) is 0 Å². The fraction of sp³-hybridized carbons (Fsp3) is 0.800. The summed E-state index contributed by atoms with van der Waals surface area (Å²) in [5.74, 6) is 0.684. The van der Waals surface area contributed by atoms with Gasteiger partial charge in [0.05, 0.1) is 6.54 Å². The van der Waals surface area contributed by atoms with E-state index >= 15 is 0 Å². The van der Waals surface area contributed by atoms with Gasteiger partial charge in [-0.05, 0) is 32.6 Å². The van der Waals surface area contributed by atoms with Crippen LogP contribution in [0.5, 0.6) is 0 Å². The highest BCUT2D eigenvalue weighted by molar-refractivity contribution is 5.86. The smallest absolute Gasteiger partial charge is 0.239 e. The molecule has 0 aromatic rings. The molecule has 1 atom stereocenters. The highest BCUT2D eigenvalue weighted by Gasteiger charge is 2.49. The lowest BCUT2D eigenvalue weighted by atomic mass is 9.94. The molecule has 1 saturated carbocycles. The predicted octanol–water partition coefficient (Wildman–Crippen LogP) is 0.481. The summed E-state index contributed by atoms with van der Waals surface area (Å²) in [6.45, 7) is 3.77. The molecule has 0 aromatic heterocycles. The molecule has 0 aromatic carbocycles. The second-order valence-electron chi connectivity index (χ2n) is 4.66. The van der Waals surface area contributed by atoms with Gasteiger partial charge in [0.25, 0.3) is 0 Å². The minimum absolute atomic E-state index is 0.0193. The molecule has 0 bridgehead atoms. The first-order valence-electron chi connectivity index (χ1n) is 5.09. The Morgan fingerprint density at radius 3 is 2.79 bits per heavy atom. The summed E-state index contributed by atoms with van der Waals surface area (Å²) >= 11 is 0. The number of Topliss-reactive ketones (excluding diaryl/α,β-unsaturated/α-hetero) is 1. The molecule has 4 heteroatoms. The highest BCUT2D eigenvalue weighted by Crippen LogP contribution is 2.43. The summed E-state index contributed by atoms with van der Waals surface area (Å²) in [6, 6.07) is 0. The van der Waals surface area contributed by atoms with Crippen LogP contribution in [0.15, 0.2) is 0 Å². The number of carbonyl (C=O) groups is 2. The molecular formula is C10H16N2O2. The van der Waals surface area contributed by atoms with Gasteiger partial charge in [0, 0.05) is 12.0 Å². The summed E-state index contributed by atoms with van der Waals surface area (Å²) in [7, 11) is 0. The summed E-state index contributed by atoms with van der Waals surface area (Å²) in [4.78, 5) is 22.5. The number of nitrogens with zero attached hydrogens (tertiary/aromatic N) is 1. The third-order valence-corrected chi connectivity index (χ3v) is 3.07. The monoisotopic (exact) mass is 196 g/mol. The minimum Gasteiger partial charge on any atom is -0.298 e. The third-order valence-electron chi connectivity index (χ3n) is 3.07. The van der Waals surface area contributed by atoms with Crippen LogP contribution in [0.25, 0.3) is 0 Å². The van der Waals surface area contributed by atoms with Crippen LogP contribution < -0.4 is 5.43 Å². The average molecular weight is 196 g/mol. The summed E-state index contributed by atoms with van der Waals surface area (Å²) < 4.78 is 0. The van der Waals surface area contributed by atoms with Gasteiger partial charge in [-0.1, -0.05) is 0 Å². The molecule has 2 aliphatic rings. The third kappa shape index (κ3) is 1.66. The molecule has 1 saturated heterocycles. The molecule has 14 heavy (non-hydrogen) atoms. The highest BCUT2D eigenvalue weighted by atomic mass is 16.2. The van der Waals surface area contributed by atoms with Crippen molar-refractivity contribution in [2.75, 3.05) is 6.54 Å². The van der Waals surface area contributed by atoms with E-state index < -0.39 is 0 Å². The molecule has 4 nitrogen and oxygen atoms in total. The van der Waals surface area contributed by atoms with E-state index in [9.17, 15) is 9.59 Å². The standard InChI is InChI=1S/C10H16N2O2/c1-7(13)6-12-9(14)5-10(2,11-12)8-3-4-8/h8,11H,3-6H2,1-2H3. The quantitative estimate of drug-likeness (QED) is 0.714. The number of ketones is 1. The van der Waals surface area contributed by atoms with Gasteiger partial charge in [0.2, 0.25) is 5.91 Å². The zero-order valence-electron chi connectivity index (χ0n) is 8.67. The molecule has 0 spiro atoms. The average Bonchev–Trinajstić information content (AvgIpc) is 2.80. The van der Waals surface area contributed by atoms with Crippen LogP contribution in [0.2, 0.25) is 0 Å². The molecule has 1 unspecified atom stereocenters. The lowest BCUT2D eigenvalue weighted by Gasteiger charge is -2.25. The number of nitrogens with one attached hydrogen (secondary N) is 1. The van der Waals surface area contributed by atoms with E-state index in [4.69, 9.17) is 0 Å². The van der Waals surface area contributed by atoms with Crippen molar-refractivity contribution in [2.24, 2.45) is 5.92 Å². The fourth-order valence-corrected chi connectivity index (χ4v) is 2.13. The van der Waals surface area contributed by atoms with Crippen LogP contribution in [0.3, 0.4) is 0 Å². The van der Waals surface area contributed by atoms with Crippen LogP contribution in [-0.4, -0.2) is 28.8 Å². The Balaban J connectivity index is 2.02. The molecule has 78 valence electrons. The Bertz CT molecular complexity index is 286. The predicted molar refractivity (Wildman–Crippen MR) is 51.3 cm³/mol. The first kappa shape index (κ1) is 9.65. The molecular weight excluding hydrogens is 180 g/mol. The van der Waals surface area contributed by atoms with E-state index in [0.29, 0.717) is 12.3 Å². The van der Waals surface area contributed by atoms with Crippen LogP contribution in [0.4, 0.5) is 0 Å². The SMILES string of the molecule is CC(=O)CN1NC(C)(C2CC2)CC1=O. The van der Waals surface area contributed by atoms with Crippen LogP contribution in [-0.2, 0) is 9.59 Å². The van der Waals surface area contributed by atoms with E-state index in [1.54, 1.807) is 0 Å². The van der Waals surface area contributed by atoms with Gasteiger partial charge >= 0.3 is 0 Å². The summed E-state index contributed by atoms with van der Waals surface area (Å²) in [5.41, 5.74) is 3.08. The summed E-state index contributed by atoms with van der Waals surface area (Å²) in [5, 5.41) is 1.47. The number of hydrogen-bond acceptors (Lipinski definition) is 3. The van der Waals surface area contributed by atoms with Crippen LogP contribution in [0, 0.1) is 5.92 Å². The maximum atomic E-state index is 11.6. The zero-order chi connectivity index (χ0) is 10.3. The summed E-state index contributed by atoms with van der Waals surface area (Å²) in [6.07, 6.45) is 2.93. The topological polar surface area (TPSA) is 49.4 Å². The van der Waals surface area contributed by atoms with Crippen molar-refractivity contribution in [3.8, 4) is 0 Å². The van der Waals surface area contributed by atoms with Crippen molar-refractivity contribution in [3.05, 3.63) is 0 Å². The number of amides is 1. The fourth-order valence-electron chi connectivity index (χ4n) is 2.13. The Labute approximate surface area is 83.6 Å². The van der Waals surface area contributed by atoms with Gasteiger partial charge in [0.15, 0.2) is 5.78 Å². The van der Waals surface area contributed by atoms with Crippen LogP contribution in [0.1, 0.15) is 33.1 Å². The van der Waals surface area contributed by atoms with Gasteiger partial charge in [-0.15, -0.1) is 0 Å². The van der Waals surface area contributed by atoms with E-state index in [1.807, 2.05) is 0 Å². The van der Waals surface area contributed by atoms with Crippen molar-refractivity contribution in [1.29, 1.82) is 0 Å². The van der Waals surface area contributed by atoms with Crippen molar-refractivity contribution in [1.82, 2.24) is 10.4 Å². The molecule has 1 aliphatic heterocycles. The molecule has 1 N–H and O–H groups in total. The Morgan fingerprint density at radius 2 is 2.29 bits per heavy atom. The minimum atomic E-state index is -0.0907. The first-order valence-corrected chi connectivity index (χ1v) is 5.09. The van der Waals surface area contributed by atoms with Crippen molar-refractivity contribution in [3.63, 3.8) is 0 Å². The van der Waals surface area contributed by atoms with Gasteiger partial charge < -0.3 is 0 Å². The normalized spacial score (nSPS) is 32.4. The Hall–Kier alpha value is -0.900. The van der Waals surface area contributed by atoms with Crippen molar-refractivity contribution in [2.45, 2.75) is 38.6 Å². The van der Waals surface area contributed by atoms with Gasteiger partial charge in [0.1, 0.15) is 0 Å². The zero-order valence-corrected chi connectivity index (χ0v) is 8.67. The number of rotatable bonds is 3. The van der Waals surface area contributed by atoms with Gasteiger partial charge in [-0.25, -0.2) is 5.43 Å². The second-order valence-corrected chi connectivity index (χ2v) is 4.66. The molecule has 1 amide bonds. The van der Waals surface area contributed by atoms with E-state index in [1.165, 1.54) is 24.8 Å². The molecule has 1 aliphatic carbocycles.